The van der Waals surface area contributed by atoms with E-state index in [2.05, 4.69) is 157 Å². The third kappa shape index (κ3) is 9.83. The first-order valence-corrected chi connectivity index (χ1v) is 28.2. The molecule has 0 spiro atoms. The van der Waals surface area contributed by atoms with Gasteiger partial charge in [0.2, 0.25) is 0 Å². The van der Waals surface area contributed by atoms with E-state index in [0.717, 1.165) is 22.6 Å². The van der Waals surface area contributed by atoms with Crippen molar-refractivity contribution in [2.75, 3.05) is 4.90 Å². The Balaban J connectivity index is 0.999. The monoisotopic (exact) mass is 865 g/mol. The zero-order chi connectivity index (χ0) is 42.2. The Morgan fingerprint density at radius 3 is 0.905 bits per heavy atom. The van der Waals surface area contributed by atoms with Crippen LogP contribution in [0.3, 0.4) is 0 Å². The fourth-order valence-electron chi connectivity index (χ4n) is 12.2. The molecule has 0 bridgehead atoms. The van der Waals surface area contributed by atoms with Crippen molar-refractivity contribution in [1.82, 2.24) is 0 Å². The summed E-state index contributed by atoms with van der Waals surface area (Å²) in [6, 6.07) is 58.5. The minimum Gasteiger partial charge on any atom is -0.311 e. The summed E-state index contributed by atoms with van der Waals surface area (Å²) in [6.45, 7) is 0. The largest absolute Gasteiger partial charge is 0.311 e. The van der Waals surface area contributed by atoms with Crippen molar-refractivity contribution in [1.29, 1.82) is 0 Å². The van der Waals surface area contributed by atoms with Gasteiger partial charge in [-0.2, -0.15) is 0 Å². The van der Waals surface area contributed by atoms with Crippen LogP contribution >= 0.6 is 15.8 Å². The number of hydrogen-bond donors (Lipinski definition) is 0. The Morgan fingerprint density at radius 2 is 0.556 bits per heavy atom. The molecule has 1 nitrogen and oxygen atoms in total. The first-order chi connectivity index (χ1) is 31.3. The van der Waals surface area contributed by atoms with Crippen LogP contribution in [0.25, 0.3) is 33.4 Å². The molecule has 3 heteroatoms. The van der Waals surface area contributed by atoms with Crippen LogP contribution in [0, 0.1) is 0 Å². The van der Waals surface area contributed by atoms with Crippen LogP contribution in [-0.2, 0) is 0 Å². The Hall–Kier alpha value is -4.02. The van der Waals surface area contributed by atoms with Crippen molar-refractivity contribution < 1.29 is 0 Å². The Kier molecular flexibility index (Phi) is 14.2. The van der Waals surface area contributed by atoms with E-state index in [1.165, 1.54) is 179 Å². The maximum atomic E-state index is 2.53. The van der Waals surface area contributed by atoms with Gasteiger partial charge < -0.3 is 4.90 Å². The molecule has 6 aromatic carbocycles. The second kappa shape index (κ2) is 20.9. The molecule has 0 unspecified atom stereocenters. The molecular weight excluding hydrogens is 797 g/mol. The van der Waals surface area contributed by atoms with Gasteiger partial charge in [-0.3, -0.25) is 0 Å². The second-order valence-corrected chi connectivity index (χ2v) is 24.9. The average Bonchev–Trinajstić information content (AvgIpc) is 3.37. The third-order valence-corrected chi connectivity index (χ3v) is 22.4. The highest BCUT2D eigenvalue weighted by atomic mass is 31.1. The highest BCUT2D eigenvalue weighted by molar-refractivity contribution is 7.67. The van der Waals surface area contributed by atoms with Crippen LogP contribution in [0.5, 0.6) is 0 Å². The minimum absolute atomic E-state index is 0.198. The molecule has 324 valence electrons. The Morgan fingerprint density at radius 1 is 0.270 bits per heavy atom. The summed E-state index contributed by atoms with van der Waals surface area (Å²) in [4.78, 5) is 2.48. The summed E-state index contributed by atoms with van der Waals surface area (Å²) in [5, 5.41) is 3.36. The molecular formula is C60H69NP2. The van der Waals surface area contributed by atoms with Gasteiger partial charge in [0.1, 0.15) is 0 Å². The van der Waals surface area contributed by atoms with Crippen molar-refractivity contribution in [3.05, 3.63) is 152 Å². The average molecular weight is 866 g/mol. The lowest BCUT2D eigenvalue weighted by Crippen LogP contribution is -2.27. The van der Waals surface area contributed by atoms with Crippen molar-refractivity contribution in [2.24, 2.45) is 0 Å². The molecule has 10 rings (SSSR count). The zero-order valence-electron chi connectivity index (χ0n) is 37.7. The smallest absolute Gasteiger partial charge is 0.0462 e. The fraction of sp³-hybridized carbons (Fsp3) is 0.400. The summed E-state index contributed by atoms with van der Waals surface area (Å²) in [5.41, 5.74) is 15.3. The van der Waals surface area contributed by atoms with Gasteiger partial charge in [0.05, 0.1) is 0 Å². The molecule has 0 saturated heterocycles. The number of rotatable bonds is 12. The number of anilines is 3. The molecule has 4 fully saturated rings. The van der Waals surface area contributed by atoms with Crippen LogP contribution in [-0.4, -0.2) is 22.6 Å². The quantitative estimate of drug-likeness (QED) is 0.111. The zero-order valence-corrected chi connectivity index (χ0v) is 39.5. The molecule has 63 heavy (non-hydrogen) atoms. The Bertz CT molecular complexity index is 2160. The SMILES string of the molecule is c1ccc(-c2ccc(N(c3ccc(-c4ccccc4P(C4CCCCC4)C4CCCCC4)cc3)c3ccc(-c4ccccc4P(C4CCCCC4)C4CCCCC4)cc3)cc2)cc1. The molecule has 4 saturated carbocycles. The first-order valence-electron chi connectivity index (χ1n) is 25.2. The summed E-state index contributed by atoms with van der Waals surface area (Å²) >= 11 is 0. The van der Waals surface area contributed by atoms with Crippen LogP contribution in [0.2, 0.25) is 0 Å². The number of hydrogen-bond acceptors (Lipinski definition) is 1. The van der Waals surface area contributed by atoms with Crippen molar-refractivity contribution in [2.45, 2.75) is 151 Å². The fourth-order valence-corrected chi connectivity index (χ4v) is 20.1. The lowest BCUT2D eigenvalue weighted by Gasteiger charge is -2.39. The van der Waals surface area contributed by atoms with Crippen LogP contribution in [0.15, 0.2) is 152 Å². The lowest BCUT2D eigenvalue weighted by atomic mass is 9.99. The van der Waals surface area contributed by atoms with Crippen LogP contribution < -0.4 is 15.5 Å². The van der Waals surface area contributed by atoms with E-state index in [9.17, 15) is 0 Å². The van der Waals surface area contributed by atoms with Gasteiger partial charge in [0, 0.05) is 17.1 Å². The molecule has 4 aliphatic rings. The van der Waals surface area contributed by atoms with Gasteiger partial charge in [-0.1, -0.05) is 208 Å². The molecule has 4 aliphatic carbocycles. The first kappa shape index (κ1) is 42.9. The van der Waals surface area contributed by atoms with Gasteiger partial charge in [0.15, 0.2) is 0 Å². The normalized spacial score (nSPS) is 18.5. The topological polar surface area (TPSA) is 3.24 Å². The van der Waals surface area contributed by atoms with Crippen molar-refractivity contribution >= 4 is 43.5 Å². The van der Waals surface area contributed by atoms with Gasteiger partial charge >= 0.3 is 0 Å². The van der Waals surface area contributed by atoms with Gasteiger partial charge in [-0.05, 0) is 154 Å². The molecule has 0 radical (unpaired) electrons. The van der Waals surface area contributed by atoms with Crippen LogP contribution in [0.1, 0.15) is 128 Å². The summed E-state index contributed by atoms with van der Waals surface area (Å²) in [5.74, 6) is 0. The molecule has 0 aromatic heterocycles. The minimum atomic E-state index is -0.198. The highest BCUT2D eigenvalue weighted by Crippen LogP contribution is 2.58. The Labute approximate surface area is 382 Å². The standard InChI is InChI=1S/C60H69NP2/c1-6-20-46(21-7-1)47-34-40-50(41-35-47)61(51-42-36-48(37-43-51)57-30-16-18-32-59(57)62(53-22-8-2-9-23-53)54-24-10-3-11-25-54)52-44-38-49(39-45-52)58-31-17-19-33-60(58)63(55-26-12-4-13-27-55)56-28-14-5-15-29-56/h1,6-7,16-21,30-45,53-56H,2-5,8-15,22-29H2. The second-order valence-electron chi connectivity index (χ2n) is 19.4. The molecule has 0 amide bonds. The van der Waals surface area contributed by atoms with E-state index in [-0.39, 0.29) is 15.8 Å². The van der Waals surface area contributed by atoms with E-state index >= 15 is 0 Å². The molecule has 0 heterocycles. The van der Waals surface area contributed by atoms with E-state index in [1.807, 2.05) is 0 Å². The molecule has 6 aromatic rings. The van der Waals surface area contributed by atoms with Crippen LogP contribution in [0.4, 0.5) is 17.1 Å². The predicted molar refractivity (Wildman–Crippen MR) is 278 cm³/mol. The van der Waals surface area contributed by atoms with Gasteiger partial charge in [-0.25, -0.2) is 0 Å². The van der Waals surface area contributed by atoms with Crippen molar-refractivity contribution in [3.63, 3.8) is 0 Å². The van der Waals surface area contributed by atoms with E-state index in [0.29, 0.717) is 0 Å². The number of benzene rings is 6. The van der Waals surface area contributed by atoms with Gasteiger partial charge in [-0.15, -0.1) is 0 Å². The van der Waals surface area contributed by atoms with Crippen molar-refractivity contribution in [3.8, 4) is 33.4 Å². The highest BCUT2D eigenvalue weighted by Gasteiger charge is 2.35. The van der Waals surface area contributed by atoms with E-state index in [1.54, 1.807) is 10.6 Å². The predicted octanol–water partition coefficient (Wildman–Crippen LogP) is 17.7. The van der Waals surface area contributed by atoms with E-state index in [4.69, 9.17) is 0 Å². The summed E-state index contributed by atoms with van der Waals surface area (Å²) in [7, 11) is -0.396. The van der Waals surface area contributed by atoms with E-state index < -0.39 is 0 Å². The lowest BCUT2D eigenvalue weighted by molar-refractivity contribution is 0.487. The van der Waals surface area contributed by atoms with Gasteiger partial charge in [0.25, 0.3) is 0 Å². The number of nitrogens with zero attached hydrogens (tertiary/aromatic N) is 1. The summed E-state index contributed by atoms with van der Waals surface area (Å²) in [6.07, 6.45) is 28.5. The molecule has 0 aliphatic heterocycles. The third-order valence-electron chi connectivity index (χ3n) is 15.3. The molecule has 0 N–H and O–H groups in total. The molecule has 0 atom stereocenters. The maximum absolute atomic E-state index is 2.53. The maximum Gasteiger partial charge on any atom is 0.0462 e. The summed E-state index contributed by atoms with van der Waals surface area (Å²) < 4.78 is 0.